The number of anilines is 1. The lowest BCUT2D eigenvalue weighted by Crippen LogP contribution is -2.49. The summed E-state index contributed by atoms with van der Waals surface area (Å²) < 4.78 is 27.3. The van der Waals surface area contributed by atoms with E-state index in [4.69, 9.17) is 11.6 Å². The zero-order chi connectivity index (χ0) is 19.6. The van der Waals surface area contributed by atoms with Gasteiger partial charge in [0.1, 0.15) is 17.0 Å². The summed E-state index contributed by atoms with van der Waals surface area (Å²) in [5.41, 5.74) is 1.86. The third-order valence-electron chi connectivity index (χ3n) is 4.74. The standard InChI is InChI=1S/C20H19ClN4O2S/c21-17-8-4-5-9-19(17)28(26,27)25-12-10-24(11-13-25)20-14-18(22-15-23-20)16-6-2-1-3-7-16/h1-9,14-15H,10-13H2. The molecule has 144 valence electrons. The molecule has 0 atom stereocenters. The van der Waals surface area contributed by atoms with Crippen molar-refractivity contribution < 1.29 is 8.42 Å². The van der Waals surface area contributed by atoms with Crippen LogP contribution in [0.2, 0.25) is 5.02 Å². The van der Waals surface area contributed by atoms with Gasteiger partial charge in [-0.1, -0.05) is 54.1 Å². The molecule has 0 bridgehead atoms. The van der Waals surface area contributed by atoms with Crippen molar-refractivity contribution in [3.63, 3.8) is 0 Å². The first-order valence-corrected chi connectivity index (χ1v) is 10.7. The number of sulfonamides is 1. The molecule has 4 rings (SSSR count). The summed E-state index contributed by atoms with van der Waals surface area (Å²) in [7, 11) is -3.61. The normalized spacial score (nSPS) is 15.5. The fourth-order valence-corrected chi connectivity index (χ4v) is 5.15. The number of piperazine rings is 1. The first kappa shape index (κ1) is 18.9. The Morgan fingerprint density at radius 2 is 1.54 bits per heavy atom. The van der Waals surface area contributed by atoms with E-state index in [2.05, 4.69) is 14.9 Å². The molecular weight excluding hydrogens is 396 g/mol. The molecule has 0 unspecified atom stereocenters. The zero-order valence-corrected chi connectivity index (χ0v) is 16.6. The van der Waals surface area contributed by atoms with Gasteiger partial charge < -0.3 is 4.90 Å². The van der Waals surface area contributed by atoms with E-state index in [1.807, 2.05) is 36.4 Å². The summed E-state index contributed by atoms with van der Waals surface area (Å²) >= 11 is 6.09. The van der Waals surface area contributed by atoms with E-state index in [0.29, 0.717) is 26.2 Å². The minimum Gasteiger partial charge on any atom is -0.354 e. The Hall–Kier alpha value is -2.48. The highest BCUT2D eigenvalue weighted by Gasteiger charge is 2.30. The molecule has 28 heavy (non-hydrogen) atoms. The number of aromatic nitrogens is 2. The number of halogens is 1. The van der Waals surface area contributed by atoms with Gasteiger partial charge in [0.25, 0.3) is 0 Å². The van der Waals surface area contributed by atoms with Gasteiger partial charge in [0, 0.05) is 37.8 Å². The Kier molecular flexibility index (Phi) is 5.30. The second kappa shape index (κ2) is 7.87. The fourth-order valence-electron chi connectivity index (χ4n) is 3.24. The number of hydrogen-bond acceptors (Lipinski definition) is 5. The van der Waals surface area contributed by atoms with E-state index in [0.717, 1.165) is 17.1 Å². The molecule has 1 aromatic heterocycles. The minimum absolute atomic E-state index is 0.151. The second-order valence-corrected chi connectivity index (χ2v) is 8.76. The van der Waals surface area contributed by atoms with Gasteiger partial charge in [-0.05, 0) is 12.1 Å². The quantitative estimate of drug-likeness (QED) is 0.655. The summed E-state index contributed by atoms with van der Waals surface area (Å²) in [5.74, 6) is 0.795. The Balaban J connectivity index is 1.50. The largest absolute Gasteiger partial charge is 0.354 e. The van der Waals surface area contributed by atoms with Crippen LogP contribution >= 0.6 is 11.6 Å². The summed E-state index contributed by atoms with van der Waals surface area (Å²) in [5, 5.41) is 0.244. The smallest absolute Gasteiger partial charge is 0.244 e. The topological polar surface area (TPSA) is 66.4 Å². The predicted octanol–water partition coefficient (Wildman–Crippen LogP) is 3.31. The Bertz CT molecular complexity index is 1070. The maximum absolute atomic E-state index is 12.9. The Morgan fingerprint density at radius 3 is 2.25 bits per heavy atom. The summed E-state index contributed by atoms with van der Waals surface area (Å²) in [4.78, 5) is 11.0. The van der Waals surface area contributed by atoms with Crippen molar-refractivity contribution >= 4 is 27.4 Å². The van der Waals surface area contributed by atoms with Crippen LogP contribution in [0.25, 0.3) is 11.3 Å². The molecule has 6 nitrogen and oxygen atoms in total. The number of rotatable bonds is 4. The van der Waals surface area contributed by atoms with Crippen molar-refractivity contribution in [2.45, 2.75) is 4.90 Å². The van der Waals surface area contributed by atoms with Crippen molar-refractivity contribution in [2.75, 3.05) is 31.1 Å². The molecule has 1 aliphatic rings. The van der Waals surface area contributed by atoms with E-state index in [-0.39, 0.29) is 9.92 Å². The molecule has 1 aliphatic heterocycles. The van der Waals surface area contributed by atoms with E-state index in [1.54, 1.807) is 30.6 Å². The molecule has 3 aromatic rings. The van der Waals surface area contributed by atoms with Crippen LogP contribution in [0.15, 0.2) is 71.9 Å². The van der Waals surface area contributed by atoms with Crippen LogP contribution in [0.1, 0.15) is 0 Å². The molecule has 8 heteroatoms. The highest BCUT2D eigenvalue weighted by Crippen LogP contribution is 2.26. The molecule has 1 fully saturated rings. The van der Waals surface area contributed by atoms with Gasteiger partial charge >= 0.3 is 0 Å². The molecule has 2 heterocycles. The van der Waals surface area contributed by atoms with Gasteiger partial charge in [0.05, 0.1) is 10.7 Å². The molecule has 0 spiro atoms. The van der Waals surface area contributed by atoms with Gasteiger partial charge in [0.2, 0.25) is 10.0 Å². The number of benzene rings is 2. The molecule has 2 aromatic carbocycles. The molecule has 0 saturated carbocycles. The summed E-state index contributed by atoms with van der Waals surface area (Å²) in [6.07, 6.45) is 1.55. The van der Waals surface area contributed by atoms with Crippen molar-refractivity contribution in [1.82, 2.24) is 14.3 Å². The molecule has 0 N–H and O–H groups in total. The van der Waals surface area contributed by atoms with E-state index < -0.39 is 10.0 Å². The number of nitrogens with zero attached hydrogens (tertiary/aromatic N) is 4. The van der Waals surface area contributed by atoms with Gasteiger partial charge in [-0.3, -0.25) is 0 Å². The first-order chi connectivity index (χ1) is 13.6. The summed E-state index contributed by atoms with van der Waals surface area (Å²) in [6, 6.07) is 18.4. The minimum atomic E-state index is -3.61. The highest BCUT2D eigenvalue weighted by molar-refractivity contribution is 7.89. The van der Waals surface area contributed by atoms with Crippen LogP contribution in [0.5, 0.6) is 0 Å². The molecule has 0 amide bonds. The first-order valence-electron chi connectivity index (χ1n) is 8.93. The van der Waals surface area contributed by atoms with Crippen LogP contribution in [0.4, 0.5) is 5.82 Å². The Labute approximate surface area is 169 Å². The zero-order valence-electron chi connectivity index (χ0n) is 15.1. The lowest BCUT2D eigenvalue weighted by Gasteiger charge is -2.34. The van der Waals surface area contributed by atoms with Crippen LogP contribution in [-0.2, 0) is 10.0 Å². The Morgan fingerprint density at radius 1 is 0.857 bits per heavy atom. The van der Waals surface area contributed by atoms with Gasteiger partial charge in [-0.25, -0.2) is 18.4 Å². The van der Waals surface area contributed by atoms with E-state index in [1.165, 1.54) is 4.31 Å². The van der Waals surface area contributed by atoms with Crippen LogP contribution in [-0.4, -0.2) is 48.9 Å². The maximum Gasteiger partial charge on any atom is 0.244 e. The van der Waals surface area contributed by atoms with Gasteiger partial charge in [-0.15, -0.1) is 0 Å². The average molecular weight is 415 g/mol. The van der Waals surface area contributed by atoms with Crippen molar-refractivity contribution in [3.8, 4) is 11.3 Å². The third-order valence-corrected chi connectivity index (χ3v) is 7.14. The van der Waals surface area contributed by atoms with Crippen molar-refractivity contribution in [2.24, 2.45) is 0 Å². The molecule has 0 radical (unpaired) electrons. The van der Waals surface area contributed by atoms with Crippen molar-refractivity contribution in [3.05, 3.63) is 72.0 Å². The van der Waals surface area contributed by atoms with Gasteiger partial charge in [0.15, 0.2) is 0 Å². The SMILES string of the molecule is O=S(=O)(c1ccccc1Cl)N1CCN(c2cc(-c3ccccc3)ncn2)CC1. The van der Waals surface area contributed by atoms with Crippen molar-refractivity contribution in [1.29, 1.82) is 0 Å². The highest BCUT2D eigenvalue weighted by atomic mass is 35.5. The maximum atomic E-state index is 12.9. The van der Waals surface area contributed by atoms with E-state index in [9.17, 15) is 8.42 Å². The molecule has 0 aliphatic carbocycles. The monoisotopic (exact) mass is 414 g/mol. The summed E-state index contributed by atoms with van der Waals surface area (Å²) in [6.45, 7) is 1.85. The van der Waals surface area contributed by atoms with Crippen LogP contribution < -0.4 is 4.90 Å². The van der Waals surface area contributed by atoms with E-state index >= 15 is 0 Å². The predicted molar refractivity (Wildman–Crippen MR) is 110 cm³/mol. The lowest BCUT2D eigenvalue weighted by molar-refractivity contribution is 0.384. The number of hydrogen-bond donors (Lipinski definition) is 0. The third kappa shape index (κ3) is 3.73. The molecule has 1 saturated heterocycles. The van der Waals surface area contributed by atoms with Crippen LogP contribution in [0.3, 0.4) is 0 Å². The van der Waals surface area contributed by atoms with Gasteiger partial charge in [-0.2, -0.15) is 4.31 Å². The fraction of sp³-hybridized carbons (Fsp3) is 0.200. The molecular formula is C20H19ClN4O2S. The average Bonchev–Trinajstić information content (AvgIpc) is 2.75. The second-order valence-electron chi connectivity index (χ2n) is 6.45. The van der Waals surface area contributed by atoms with Crippen LogP contribution in [0, 0.1) is 0 Å². The lowest BCUT2D eigenvalue weighted by atomic mass is 10.1.